The lowest BCUT2D eigenvalue weighted by atomic mass is 10.2. The van der Waals surface area contributed by atoms with Crippen molar-refractivity contribution >= 4 is 12.2 Å². The first-order chi connectivity index (χ1) is 12.7. The average molecular weight is 403 g/mol. The van der Waals surface area contributed by atoms with Gasteiger partial charge in [-0.25, -0.2) is 9.59 Å². The fourth-order valence-corrected chi connectivity index (χ4v) is 3.13. The van der Waals surface area contributed by atoms with Crippen molar-refractivity contribution in [2.24, 2.45) is 0 Å². The minimum Gasteiger partial charge on any atom is -0.444 e. The molecule has 0 radical (unpaired) electrons. The smallest absolute Gasteiger partial charge is 0.407 e. The minimum absolute atomic E-state index is 0.0693. The van der Waals surface area contributed by atoms with Crippen LogP contribution < -0.4 is 10.6 Å². The number of hydrogen-bond donors (Lipinski definition) is 4. The Bertz CT molecular complexity index is 466. The first-order valence-electron chi connectivity index (χ1n) is 10.1. The Balaban J connectivity index is 0.000000280. The summed E-state index contributed by atoms with van der Waals surface area (Å²) in [5, 5.41) is 24.0. The van der Waals surface area contributed by atoms with Crippen molar-refractivity contribution in [1.82, 2.24) is 10.6 Å². The molecule has 0 aromatic rings. The Kier molecular flexibility index (Phi) is 9.01. The van der Waals surface area contributed by atoms with Crippen LogP contribution in [0.5, 0.6) is 0 Å². The number of aliphatic hydroxyl groups excluding tert-OH is 2. The molecule has 28 heavy (non-hydrogen) atoms. The van der Waals surface area contributed by atoms with Crippen molar-refractivity contribution in [3.63, 3.8) is 0 Å². The number of alkyl carbamates (subject to hydrolysis) is 2. The predicted molar refractivity (Wildman–Crippen MR) is 106 cm³/mol. The summed E-state index contributed by atoms with van der Waals surface area (Å²) in [5.41, 5.74) is -0.914. The number of amides is 2. The van der Waals surface area contributed by atoms with Gasteiger partial charge < -0.3 is 30.3 Å². The van der Waals surface area contributed by atoms with E-state index >= 15 is 0 Å². The van der Waals surface area contributed by atoms with Crippen molar-refractivity contribution < 1.29 is 29.3 Å². The van der Waals surface area contributed by atoms with Crippen LogP contribution in [0.25, 0.3) is 0 Å². The van der Waals surface area contributed by atoms with Gasteiger partial charge in [-0.2, -0.15) is 0 Å². The zero-order valence-electron chi connectivity index (χ0n) is 18.1. The second-order valence-electron chi connectivity index (χ2n) is 9.62. The van der Waals surface area contributed by atoms with E-state index in [2.05, 4.69) is 10.6 Å². The molecular formula is C20H38N2O6. The second-order valence-corrected chi connectivity index (χ2v) is 9.62. The number of rotatable bonds is 2. The van der Waals surface area contributed by atoms with Gasteiger partial charge in [-0.15, -0.1) is 0 Å². The normalized spacial score (nSPS) is 27.4. The first-order valence-corrected chi connectivity index (χ1v) is 10.1. The van der Waals surface area contributed by atoms with E-state index in [1.54, 1.807) is 0 Å². The molecule has 4 N–H and O–H groups in total. The Labute approximate surface area is 168 Å². The number of hydrogen-bond acceptors (Lipinski definition) is 6. The molecule has 8 heteroatoms. The fraction of sp³-hybridized carbons (Fsp3) is 0.900. The molecule has 0 bridgehead atoms. The third-order valence-corrected chi connectivity index (χ3v) is 4.25. The number of carbonyl (C=O) groups excluding carboxylic acids is 2. The van der Waals surface area contributed by atoms with Crippen LogP contribution in [-0.4, -0.2) is 57.9 Å². The molecule has 0 saturated heterocycles. The summed E-state index contributed by atoms with van der Waals surface area (Å²) in [4.78, 5) is 22.6. The Morgan fingerprint density at radius 3 is 1.25 bits per heavy atom. The summed E-state index contributed by atoms with van der Waals surface area (Å²) in [6.45, 7) is 11.0. The van der Waals surface area contributed by atoms with Crippen LogP contribution in [0.2, 0.25) is 0 Å². The van der Waals surface area contributed by atoms with Gasteiger partial charge in [-0.05, 0) is 80.1 Å². The zero-order valence-corrected chi connectivity index (χ0v) is 18.1. The summed E-state index contributed by atoms with van der Waals surface area (Å²) in [7, 11) is 0. The van der Waals surface area contributed by atoms with Crippen molar-refractivity contribution in [3.05, 3.63) is 0 Å². The standard InChI is InChI=1S/2C10H19NO3/c2*1-10(2,3)14-9(13)11-7-4-5-8(12)6-7/h2*7-8,12H,4-6H2,1-3H3,(H,11,13)/t2*7-,8+/m10/s1. The van der Waals surface area contributed by atoms with E-state index < -0.39 is 23.4 Å². The molecule has 4 atom stereocenters. The molecule has 0 aromatic heterocycles. The van der Waals surface area contributed by atoms with Crippen LogP contribution in [-0.2, 0) is 9.47 Å². The SMILES string of the molecule is CC(C)(C)OC(=O)N[C@@H]1CC[C@H](O)C1.CC(C)(C)OC(=O)N[C@H]1CC[C@@H](O)C1. The molecule has 0 aromatic carbocycles. The van der Waals surface area contributed by atoms with E-state index in [0.717, 1.165) is 25.7 Å². The van der Waals surface area contributed by atoms with Crippen molar-refractivity contribution in [1.29, 1.82) is 0 Å². The molecule has 2 amide bonds. The monoisotopic (exact) mass is 402 g/mol. The molecule has 2 saturated carbocycles. The third kappa shape index (κ3) is 11.3. The van der Waals surface area contributed by atoms with Gasteiger partial charge in [0, 0.05) is 12.1 Å². The van der Waals surface area contributed by atoms with Gasteiger partial charge >= 0.3 is 12.2 Å². The lowest BCUT2D eigenvalue weighted by Crippen LogP contribution is -2.38. The van der Waals surface area contributed by atoms with E-state index in [1.165, 1.54) is 0 Å². The molecular weight excluding hydrogens is 364 g/mol. The van der Waals surface area contributed by atoms with Gasteiger partial charge in [-0.3, -0.25) is 0 Å². The number of ether oxygens (including phenoxy) is 2. The summed E-state index contributed by atoms with van der Waals surface area (Å²) < 4.78 is 10.2. The van der Waals surface area contributed by atoms with Crippen LogP contribution in [0.3, 0.4) is 0 Å². The van der Waals surface area contributed by atoms with E-state index in [9.17, 15) is 19.8 Å². The molecule has 2 rings (SSSR count). The first kappa shape index (κ1) is 24.5. The lowest BCUT2D eigenvalue weighted by molar-refractivity contribution is 0.0489. The zero-order chi connectivity index (χ0) is 21.5. The van der Waals surface area contributed by atoms with Gasteiger partial charge in [0.2, 0.25) is 0 Å². The summed E-state index contributed by atoms with van der Waals surface area (Å²) in [6, 6.07) is 0.139. The van der Waals surface area contributed by atoms with Crippen LogP contribution in [0.15, 0.2) is 0 Å². The summed E-state index contributed by atoms with van der Waals surface area (Å²) in [6.07, 6.45) is 3.15. The summed E-state index contributed by atoms with van der Waals surface area (Å²) >= 11 is 0. The van der Waals surface area contributed by atoms with Crippen molar-refractivity contribution in [2.45, 2.75) is 116 Å². The van der Waals surface area contributed by atoms with E-state index in [1.807, 2.05) is 41.5 Å². The minimum atomic E-state index is -0.457. The number of nitrogens with one attached hydrogen (secondary N) is 2. The van der Waals surface area contributed by atoms with Crippen LogP contribution in [0, 0.1) is 0 Å². The second kappa shape index (κ2) is 10.3. The highest BCUT2D eigenvalue weighted by Crippen LogP contribution is 2.20. The molecule has 2 aliphatic carbocycles. The van der Waals surface area contributed by atoms with Crippen LogP contribution in [0.1, 0.15) is 80.1 Å². The lowest BCUT2D eigenvalue weighted by Gasteiger charge is -2.21. The molecule has 0 spiro atoms. The van der Waals surface area contributed by atoms with Crippen LogP contribution >= 0.6 is 0 Å². The topological polar surface area (TPSA) is 117 Å². The van der Waals surface area contributed by atoms with E-state index in [4.69, 9.17) is 9.47 Å². The molecule has 8 nitrogen and oxygen atoms in total. The maximum atomic E-state index is 11.3. The predicted octanol–water partition coefficient (Wildman–Crippen LogP) is 2.85. The Morgan fingerprint density at radius 1 is 0.714 bits per heavy atom. The maximum absolute atomic E-state index is 11.3. The highest BCUT2D eigenvalue weighted by atomic mass is 16.6. The Morgan fingerprint density at radius 2 is 1.04 bits per heavy atom. The van der Waals surface area contributed by atoms with E-state index in [-0.39, 0.29) is 24.3 Å². The largest absolute Gasteiger partial charge is 0.444 e. The Hall–Kier alpha value is -1.54. The van der Waals surface area contributed by atoms with Crippen molar-refractivity contribution in [2.75, 3.05) is 0 Å². The summed E-state index contributed by atoms with van der Waals surface area (Å²) in [5.74, 6) is 0. The number of carbonyl (C=O) groups is 2. The molecule has 0 unspecified atom stereocenters. The van der Waals surface area contributed by atoms with Gasteiger partial charge in [0.15, 0.2) is 0 Å². The molecule has 2 fully saturated rings. The van der Waals surface area contributed by atoms with Crippen LogP contribution in [0.4, 0.5) is 9.59 Å². The van der Waals surface area contributed by atoms with E-state index in [0.29, 0.717) is 12.8 Å². The van der Waals surface area contributed by atoms with Gasteiger partial charge in [0.25, 0.3) is 0 Å². The average Bonchev–Trinajstić information content (AvgIpc) is 3.04. The highest BCUT2D eigenvalue weighted by Gasteiger charge is 2.27. The fourth-order valence-electron chi connectivity index (χ4n) is 3.13. The third-order valence-electron chi connectivity index (χ3n) is 4.25. The van der Waals surface area contributed by atoms with Gasteiger partial charge in [0.05, 0.1) is 12.2 Å². The molecule has 164 valence electrons. The molecule has 0 heterocycles. The van der Waals surface area contributed by atoms with Gasteiger partial charge in [-0.1, -0.05) is 0 Å². The van der Waals surface area contributed by atoms with Crippen molar-refractivity contribution in [3.8, 4) is 0 Å². The number of aliphatic hydroxyl groups is 2. The molecule has 0 aliphatic heterocycles. The highest BCUT2D eigenvalue weighted by molar-refractivity contribution is 5.68. The van der Waals surface area contributed by atoms with Gasteiger partial charge in [0.1, 0.15) is 11.2 Å². The quantitative estimate of drug-likeness (QED) is 0.564. The molecule has 2 aliphatic rings. The maximum Gasteiger partial charge on any atom is 0.407 e.